The molecule has 1 aromatic heterocycles. The highest BCUT2D eigenvalue weighted by Gasteiger charge is 2.35. The van der Waals surface area contributed by atoms with Crippen molar-refractivity contribution in [2.24, 2.45) is 5.92 Å². The van der Waals surface area contributed by atoms with Crippen LogP contribution in [0, 0.1) is 12.8 Å². The van der Waals surface area contributed by atoms with Crippen LogP contribution in [0.5, 0.6) is 0 Å². The van der Waals surface area contributed by atoms with Crippen molar-refractivity contribution >= 4 is 17.6 Å². The van der Waals surface area contributed by atoms with Crippen LogP contribution in [-0.2, 0) is 14.3 Å². The minimum absolute atomic E-state index is 0.00332. The van der Waals surface area contributed by atoms with Crippen LogP contribution < -0.4 is 10.6 Å². The summed E-state index contributed by atoms with van der Waals surface area (Å²) < 4.78 is 10.4. The highest BCUT2D eigenvalue weighted by atomic mass is 16.5. The van der Waals surface area contributed by atoms with E-state index < -0.39 is 12.1 Å². The molecule has 2 rings (SSSR count). The predicted molar refractivity (Wildman–Crippen MR) is 91.1 cm³/mol. The first-order valence-electron chi connectivity index (χ1n) is 8.59. The third-order valence-corrected chi connectivity index (χ3v) is 4.36. The third kappa shape index (κ3) is 4.92. The van der Waals surface area contributed by atoms with E-state index in [1.54, 1.807) is 19.9 Å². The third-order valence-electron chi connectivity index (χ3n) is 4.36. The number of ether oxygens (including phenoxy) is 1. The molecule has 0 bridgehead atoms. The van der Waals surface area contributed by atoms with Crippen molar-refractivity contribution < 1.29 is 23.5 Å². The Morgan fingerprint density at radius 3 is 2.56 bits per heavy atom. The first-order chi connectivity index (χ1) is 11.8. The van der Waals surface area contributed by atoms with Crippen LogP contribution in [0.2, 0.25) is 0 Å². The van der Waals surface area contributed by atoms with Gasteiger partial charge < -0.3 is 19.8 Å². The normalized spacial score (nSPS) is 21.4. The molecule has 2 heterocycles. The van der Waals surface area contributed by atoms with E-state index in [1.165, 1.54) is 6.26 Å². The Bertz CT molecular complexity index is 637. The van der Waals surface area contributed by atoms with E-state index in [2.05, 4.69) is 10.6 Å². The zero-order valence-corrected chi connectivity index (χ0v) is 15.1. The molecule has 2 amide bonds. The molecule has 25 heavy (non-hydrogen) atoms. The lowest BCUT2D eigenvalue weighted by atomic mass is 10.0. The first-order valence-corrected chi connectivity index (χ1v) is 8.59. The molecule has 7 nitrogen and oxygen atoms in total. The summed E-state index contributed by atoms with van der Waals surface area (Å²) in [5.41, 5.74) is 0.399. The standard InChI is InChI=1S/C18H26N2O5/c1-10(2)5-6-14(19-17(22)13-7-8-24-11(13)3)18(23)20-16-12(4)25-9-15(16)21/h7-8,10,12,14,16H,5-6,9H2,1-4H3,(H,19,22)(H,20,23)/t12-,14?,16-/m0/s1. The van der Waals surface area contributed by atoms with Gasteiger partial charge >= 0.3 is 0 Å². The van der Waals surface area contributed by atoms with E-state index in [1.807, 2.05) is 13.8 Å². The van der Waals surface area contributed by atoms with Crippen molar-refractivity contribution in [3.05, 3.63) is 23.7 Å². The number of amides is 2. The summed E-state index contributed by atoms with van der Waals surface area (Å²) >= 11 is 0. The highest BCUT2D eigenvalue weighted by molar-refractivity contribution is 5.99. The van der Waals surface area contributed by atoms with Gasteiger partial charge in [0.2, 0.25) is 5.91 Å². The summed E-state index contributed by atoms with van der Waals surface area (Å²) in [7, 11) is 0. The Labute approximate surface area is 147 Å². The fraction of sp³-hybridized carbons (Fsp3) is 0.611. The molecule has 0 radical (unpaired) electrons. The lowest BCUT2D eigenvalue weighted by molar-refractivity contribution is -0.127. The van der Waals surface area contributed by atoms with Crippen LogP contribution in [0.1, 0.15) is 49.7 Å². The predicted octanol–water partition coefficient (Wildman–Crippen LogP) is 1.60. The van der Waals surface area contributed by atoms with Gasteiger partial charge in [0.05, 0.1) is 17.9 Å². The number of Topliss-reactive ketones (excluding diaryl/α,β-unsaturated/α-hetero) is 1. The maximum atomic E-state index is 12.6. The summed E-state index contributed by atoms with van der Waals surface area (Å²) in [6.07, 6.45) is 2.33. The Morgan fingerprint density at radius 1 is 1.32 bits per heavy atom. The Hall–Kier alpha value is -2.15. The molecule has 7 heteroatoms. The first kappa shape index (κ1) is 19.2. The Balaban J connectivity index is 2.06. The minimum Gasteiger partial charge on any atom is -0.469 e. The van der Waals surface area contributed by atoms with Gasteiger partial charge in [-0.25, -0.2) is 0 Å². The summed E-state index contributed by atoms with van der Waals surface area (Å²) in [4.78, 5) is 36.9. The monoisotopic (exact) mass is 350 g/mol. The van der Waals surface area contributed by atoms with Crippen LogP contribution >= 0.6 is 0 Å². The summed E-state index contributed by atoms with van der Waals surface area (Å²) in [6, 6.07) is 0.185. The number of rotatable bonds is 7. The van der Waals surface area contributed by atoms with Crippen LogP contribution in [0.3, 0.4) is 0 Å². The van der Waals surface area contributed by atoms with Gasteiger partial charge in [-0.2, -0.15) is 0 Å². The molecule has 0 spiro atoms. The Morgan fingerprint density at radius 2 is 2.04 bits per heavy atom. The Kier molecular flexibility index (Phi) is 6.36. The van der Waals surface area contributed by atoms with Gasteiger partial charge in [0, 0.05) is 0 Å². The summed E-state index contributed by atoms with van der Waals surface area (Å²) in [5, 5.41) is 5.47. The molecular formula is C18H26N2O5. The number of aryl methyl sites for hydroxylation is 1. The van der Waals surface area contributed by atoms with Gasteiger partial charge in [-0.15, -0.1) is 0 Å². The van der Waals surface area contributed by atoms with Gasteiger partial charge in [0.25, 0.3) is 5.91 Å². The molecule has 3 atom stereocenters. The van der Waals surface area contributed by atoms with Crippen molar-refractivity contribution in [2.75, 3.05) is 6.61 Å². The van der Waals surface area contributed by atoms with E-state index in [9.17, 15) is 14.4 Å². The molecule has 0 aromatic carbocycles. The number of furan rings is 1. The zero-order valence-electron chi connectivity index (χ0n) is 15.1. The SMILES string of the molecule is Cc1occc1C(=O)NC(CCC(C)C)C(=O)N[C@@H]1C(=O)CO[C@H]1C. The van der Waals surface area contributed by atoms with Crippen LogP contribution in [0.25, 0.3) is 0 Å². The van der Waals surface area contributed by atoms with Gasteiger partial charge in [-0.05, 0) is 38.7 Å². The lowest BCUT2D eigenvalue weighted by Gasteiger charge is -2.22. The van der Waals surface area contributed by atoms with Crippen molar-refractivity contribution in [2.45, 2.75) is 58.7 Å². The van der Waals surface area contributed by atoms with E-state index in [4.69, 9.17) is 9.15 Å². The number of ketones is 1. The maximum absolute atomic E-state index is 12.6. The number of hydrogen-bond acceptors (Lipinski definition) is 5. The number of carbonyl (C=O) groups is 3. The lowest BCUT2D eigenvalue weighted by Crippen LogP contribution is -2.53. The molecule has 0 saturated carbocycles. The quantitative estimate of drug-likeness (QED) is 0.778. The van der Waals surface area contributed by atoms with E-state index in [0.717, 1.165) is 6.42 Å². The number of carbonyl (C=O) groups excluding carboxylic acids is 3. The van der Waals surface area contributed by atoms with Crippen molar-refractivity contribution in [3.63, 3.8) is 0 Å². The second kappa shape index (κ2) is 8.29. The van der Waals surface area contributed by atoms with E-state index in [-0.39, 0.29) is 30.3 Å². The smallest absolute Gasteiger partial charge is 0.255 e. The number of hydrogen-bond donors (Lipinski definition) is 2. The molecule has 138 valence electrons. The van der Waals surface area contributed by atoms with Crippen LogP contribution in [0.4, 0.5) is 0 Å². The second-order valence-electron chi connectivity index (χ2n) is 6.86. The minimum atomic E-state index is -0.718. The van der Waals surface area contributed by atoms with Crippen molar-refractivity contribution in [1.29, 1.82) is 0 Å². The topological polar surface area (TPSA) is 97.6 Å². The average Bonchev–Trinajstić information content (AvgIpc) is 3.11. The molecule has 1 saturated heterocycles. The molecule has 1 aromatic rings. The summed E-state index contributed by atoms with van der Waals surface area (Å²) in [5.74, 6) is -0.00439. The second-order valence-corrected chi connectivity index (χ2v) is 6.86. The number of nitrogens with one attached hydrogen (secondary N) is 2. The van der Waals surface area contributed by atoms with Gasteiger partial charge in [0.15, 0.2) is 5.78 Å². The van der Waals surface area contributed by atoms with Gasteiger partial charge in [-0.1, -0.05) is 13.8 Å². The molecule has 1 aliphatic rings. The largest absolute Gasteiger partial charge is 0.469 e. The van der Waals surface area contributed by atoms with Crippen molar-refractivity contribution in [1.82, 2.24) is 10.6 Å². The maximum Gasteiger partial charge on any atom is 0.255 e. The van der Waals surface area contributed by atoms with E-state index in [0.29, 0.717) is 23.7 Å². The average molecular weight is 350 g/mol. The molecule has 1 fully saturated rings. The fourth-order valence-corrected chi connectivity index (χ4v) is 2.74. The van der Waals surface area contributed by atoms with Gasteiger partial charge in [0.1, 0.15) is 24.5 Å². The molecular weight excluding hydrogens is 324 g/mol. The molecule has 0 aliphatic carbocycles. The van der Waals surface area contributed by atoms with Crippen molar-refractivity contribution in [3.8, 4) is 0 Å². The summed E-state index contributed by atoms with van der Waals surface area (Å²) in [6.45, 7) is 7.53. The highest BCUT2D eigenvalue weighted by Crippen LogP contribution is 2.14. The zero-order chi connectivity index (χ0) is 18.6. The van der Waals surface area contributed by atoms with Crippen LogP contribution in [-0.4, -0.2) is 42.4 Å². The van der Waals surface area contributed by atoms with Crippen LogP contribution in [0.15, 0.2) is 16.7 Å². The fourth-order valence-electron chi connectivity index (χ4n) is 2.74. The molecule has 1 aliphatic heterocycles. The van der Waals surface area contributed by atoms with Gasteiger partial charge in [-0.3, -0.25) is 14.4 Å². The van der Waals surface area contributed by atoms with E-state index >= 15 is 0 Å². The molecule has 2 N–H and O–H groups in total. The molecule has 1 unspecified atom stereocenters.